The number of aromatic nitrogens is 4. The van der Waals surface area contributed by atoms with Crippen molar-refractivity contribution in [2.45, 2.75) is 51.1 Å². The Balaban J connectivity index is 1.18. The van der Waals surface area contributed by atoms with E-state index in [1.54, 1.807) is 6.33 Å². The number of benzene rings is 2. The highest BCUT2D eigenvalue weighted by Crippen LogP contribution is 2.29. The Kier molecular flexibility index (Phi) is 6.56. The van der Waals surface area contributed by atoms with Crippen LogP contribution in [0.2, 0.25) is 0 Å². The van der Waals surface area contributed by atoms with Gasteiger partial charge in [-0.2, -0.15) is 0 Å². The molecule has 0 fully saturated rings. The van der Waals surface area contributed by atoms with Gasteiger partial charge < -0.3 is 15.3 Å². The molecular weight excluding hydrogens is 446 g/mol. The minimum atomic E-state index is 0.313. The number of imidazole rings is 2. The zero-order valence-corrected chi connectivity index (χ0v) is 20.3. The van der Waals surface area contributed by atoms with Gasteiger partial charge in [-0.3, -0.25) is 9.89 Å². The van der Waals surface area contributed by atoms with E-state index in [-0.39, 0.29) is 0 Å². The van der Waals surface area contributed by atoms with Crippen molar-refractivity contribution in [3.8, 4) is 0 Å². The number of nitrogens with one attached hydrogen (secondary N) is 3. The number of dihydropyridines is 1. The molecule has 3 heterocycles. The first kappa shape index (κ1) is 22.6. The van der Waals surface area contributed by atoms with E-state index in [4.69, 9.17) is 4.98 Å². The van der Waals surface area contributed by atoms with Crippen molar-refractivity contribution in [3.05, 3.63) is 108 Å². The van der Waals surface area contributed by atoms with Crippen molar-refractivity contribution in [2.24, 2.45) is 4.99 Å². The molecular formula is C29H31N7. The fraction of sp³-hybridized carbons (Fsp3) is 0.276. The third-order valence-corrected chi connectivity index (χ3v) is 7.01. The van der Waals surface area contributed by atoms with Crippen LogP contribution in [0, 0.1) is 0 Å². The Morgan fingerprint density at radius 2 is 1.86 bits per heavy atom. The Morgan fingerprint density at radius 3 is 2.72 bits per heavy atom. The summed E-state index contributed by atoms with van der Waals surface area (Å²) in [6, 6.07) is 17.9. The molecule has 2 aliphatic rings. The molecule has 1 aliphatic heterocycles. The lowest BCUT2D eigenvalue weighted by Crippen LogP contribution is -2.37. The Morgan fingerprint density at radius 1 is 0.972 bits per heavy atom. The first-order valence-electron chi connectivity index (χ1n) is 12.7. The van der Waals surface area contributed by atoms with Crippen molar-refractivity contribution in [1.29, 1.82) is 0 Å². The smallest absolute Gasteiger partial charge is 0.121 e. The molecule has 2 aromatic carbocycles. The Hall–Kier alpha value is -3.81. The number of allylic oxidation sites excluding steroid dienone is 1. The lowest BCUT2D eigenvalue weighted by atomic mass is 9.89. The van der Waals surface area contributed by atoms with Gasteiger partial charge in [0.2, 0.25) is 0 Å². The molecule has 0 saturated carbocycles. The molecule has 0 bridgehead atoms. The molecule has 182 valence electrons. The van der Waals surface area contributed by atoms with E-state index in [1.165, 1.54) is 16.7 Å². The summed E-state index contributed by atoms with van der Waals surface area (Å²) in [6.07, 6.45) is 14.3. The molecule has 6 rings (SSSR count). The number of fused-ring (bicyclic) bond motifs is 2. The molecule has 0 amide bonds. The number of aliphatic imine (C=N–C) groups is 1. The monoisotopic (exact) mass is 477 g/mol. The van der Waals surface area contributed by atoms with E-state index >= 15 is 0 Å². The number of hydrogen-bond donors (Lipinski definition) is 3. The molecule has 36 heavy (non-hydrogen) atoms. The summed E-state index contributed by atoms with van der Waals surface area (Å²) < 4.78 is 0. The van der Waals surface area contributed by atoms with Crippen LogP contribution in [0.15, 0.2) is 89.8 Å². The van der Waals surface area contributed by atoms with E-state index in [2.05, 4.69) is 84.8 Å². The fourth-order valence-corrected chi connectivity index (χ4v) is 5.12. The van der Waals surface area contributed by atoms with Gasteiger partial charge >= 0.3 is 0 Å². The summed E-state index contributed by atoms with van der Waals surface area (Å²) in [4.78, 5) is 22.8. The molecule has 1 aliphatic carbocycles. The highest BCUT2D eigenvalue weighted by atomic mass is 15.2. The zero-order chi connectivity index (χ0) is 24.2. The van der Waals surface area contributed by atoms with Gasteiger partial charge in [-0.1, -0.05) is 48.6 Å². The number of aromatic amines is 2. The summed E-state index contributed by atoms with van der Waals surface area (Å²) in [6.45, 7) is 3.24. The number of H-pyrrole nitrogens is 2. The topological polar surface area (TPSA) is 85.0 Å². The van der Waals surface area contributed by atoms with Crippen molar-refractivity contribution >= 4 is 17.2 Å². The zero-order valence-electron chi connectivity index (χ0n) is 20.3. The highest BCUT2D eigenvalue weighted by molar-refractivity contribution is 5.75. The van der Waals surface area contributed by atoms with Gasteiger partial charge in [-0.15, -0.1) is 0 Å². The largest absolute Gasteiger partial charge is 0.347 e. The maximum absolute atomic E-state index is 4.87. The molecule has 0 radical (unpaired) electrons. The minimum Gasteiger partial charge on any atom is -0.347 e. The van der Waals surface area contributed by atoms with Crippen molar-refractivity contribution in [2.75, 3.05) is 0 Å². The van der Waals surface area contributed by atoms with Crippen LogP contribution < -0.4 is 5.32 Å². The maximum atomic E-state index is 4.87. The van der Waals surface area contributed by atoms with Gasteiger partial charge in [0, 0.05) is 43.8 Å². The fourth-order valence-electron chi connectivity index (χ4n) is 5.12. The maximum Gasteiger partial charge on any atom is 0.121 e. The second-order valence-corrected chi connectivity index (χ2v) is 9.59. The summed E-state index contributed by atoms with van der Waals surface area (Å²) >= 11 is 0. The van der Waals surface area contributed by atoms with Crippen molar-refractivity contribution in [1.82, 2.24) is 30.2 Å². The second kappa shape index (κ2) is 10.4. The summed E-state index contributed by atoms with van der Waals surface area (Å²) in [5.74, 6) is 1.01. The van der Waals surface area contributed by atoms with Crippen LogP contribution in [0.1, 0.15) is 35.5 Å². The third-order valence-electron chi connectivity index (χ3n) is 7.01. The molecule has 7 heteroatoms. The van der Waals surface area contributed by atoms with E-state index in [1.807, 2.05) is 24.6 Å². The molecule has 0 saturated heterocycles. The molecule has 7 nitrogen and oxygen atoms in total. The summed E-state index contributed by atoms with van der Waals surface area (Å²) in [7, 11) is 0. The first-order valence-corrected chi connectivity index (χ1v) is 12.7. The van der Waals surface area contributed by atoms with Gasteiger partial charge in [-0.05, 0) is 47.8 Å². The average Bonchev–Trinajstić information content (AvgIpc) is 3.58. The van der Waals surface area contributed by atoms with E-state index in [9.17, 15) is 0 Å². The van der Waals surface area contributed by atoms with E-state index in [0.717, 1.165) is 61.6 Å². The van der Waals surface area contributed by atoms with Crippen LogP contribution in [-0.2, 0) is 26.2 Å². The SMILES string of the molecule is C1=CC2=CC(N(Cc3ccc(CNCc4cnc[nH]4)cc3)Cc3nc4ccccc4[nH]3)CCC2N=C1. The third kappa shape index (κ3) is 5.22. The number of para-hydroxylation sites is 2. The van der Waals surface area contributed by atoms with Crippen LogP contribution in [0.4, 0.5) is 0 Å². The van der Waals surface area contributed by atoms with Gasteiger partial charge in [0.25, 0.3) is 0 Å². The van der Waals surface area contributed by atoms with Gasteiger partial charge in [0.05, 0.1) is 29.9 Å². The molecule has 3 N–H and O–H groups in total. The molecule has 2 aromatic heterocycles. The van der Waals surface area contributed by atoms with Crippen LogP contribution >= 0.6 is 0 Å². The Bertz CT molecular complexity index is 1350. The number of hydrogen-bond acceptors (Lipinski definition) is 5. The summed E-state index contributed by atoms with van der Waals surface area (Å²) in [5, 5.41) is 3.47. The second-order valence-electron chi connectivity index (χ2n) is 9.59. The van der Waals surface area contributed by atoms with Crippen LogP contribution in [0.3, 0.4) is 0 Å². The van der Waals surface area contributed by atoms with Crippen LogP contribution in [0.25, 0.3) is 11.0 Å². The van der Waals surface area contributed by atoms with E-state index in [0.29, 0.717) is 12.1 Å². The lowest BCUT2D eigenvalue weighted by Gasteiger charge is -2.34. The molecule has 2 atom stereocenters. The van der Waals surface area contributed by atoms with Crippen molar-refractivity contribution in [3.63, 3.8) is 0 Å². The van der Waals surface area contributed by atoms with Crippen LogP contribution in [-0.4, -0.2) is 43.1 Å². The number of nitrogens with zero attached hydrogens (tertiary/aromatic N) is 4. The normalized spacial score (nSPS) is 19.1. The number of rotatable bonds is 9. The minimum absolute atomic E-state index is 0.313. The predicted molar refractivity (Wildman–Crippen MR) is 143 cm³/mol. The average molecular weight is 478 g/mol. The van der Waals surface area contributed by atoms with Gasteiger partial charge in [0.15, 0.2) is 0 Å². The highest BCUT2D eigenvalue weighted by Gasteiger charge is 2.26. The Labute approximate surface area is 211 Å². The van der Waals surface area contributed by atoms with Gasteiger partial charge in [-0.25, -0.2) is 9.97 Å². The first-order chi connectivity index (χ1) is 17.8. The molecule has 0 spiro atoms. The van der Waals surface area contributed by atoms with Crippen molar-refractivity contribution < 1.29 is 0 Å². The van der Waals surface area contributed by atoms with Gasteiger partial charge in [0.1, 0.15) is 5.82 Å². The van der Waals surface area contributed by atoms with Crippen LogP contribution in [0.5, 0.6) is 0 Å². The molecule has 2 unspecified atom stereocenters. The standard InChI is InChI=1S/C29H31N7/c1-2-6-28-27(5-1)34-29(35-28)19-36(25-11-12-26-23(14-25)4-3-13-32-26)18-22-9-7-21(8-10-22)15-30-16-24-17-31-20-33-24/h1-10,13-14,17,20,25-26,30H,11-12,15-16,18-19H2,(H,31,33)(H,34,35). The van der Waals surface area contributed by atoms with E-state index < -0.39 is 0 Å². The summed E-state index contributed by atoms with van der Waals surface area (Å²) in [5.41, 5.74) is 7.12. The lowest BCUT2D eigenvalue weighted by molar-refractivity contribution is 0.188. The predicted octanol–water partition coefficient (Wildman–Crippen LogP) is 4.68. The molecule has 4 aromatic rings. The quantitative estimate of drug-likeness (QED) is 0.327.